The van der Waals surface area contributed by atoms with E-state index in [2.05, 4.69) is 0 Å². The van der Waals surface area contributed by atoms with Crippen LogP contribution in [0, 0.1) is 19.7 Å². The number of sulfonamides is 1. The number of hydrogen-bond acceptors (Lipinski definition) is 5. The Morgan fingerprint density at radius 2 is 1.75 bits per heavy atom. The van der Waals surface area contributed by atoms with Crippen LogP contribution in [0.3, 0.4) is 0 Å². The molecule has 1 fully saturated rings. The second kappa shape index (κ2) is 9.54. The smallest absolute Gasteiger partial charge is 0.338 e. The van der Waals surface area contributed by atoms with Crippen molar-refractivity contribution in [2.24, 2.45) is 0 Å². The van der Waals surface area contributed by atoms with E-state index in [9.17, 15) is 22.4 Å². The van der Waals surface area contributed by atoms with Crippen LogP contribution < -0.4 is 0 Å². The molecule has 0 spiro atoms. The largest absolute Gasteiger partial charge is 0.454 e. The van der Waals surface area contributed by atoms with E-state index < -0.39 is 33.3 Å². The third-order valence-corrected chi connectivity index (χ3v) is 7.65. The van der Waals surface area contributed by atoms with Crippen molar-refractivity contribution in [2.75, 3.05) is 19.7 Å². The van der Waals surface area contributed by atoms with E-state index in [0.717, 1.165) is 36.0 Å². The molecular formula is C23H29FN2O5S. The van der Waals surface area contributed by atoms with Gasteiger partial charge in [-0.25, -0.2) is 17.6 Å². The van der Waals surface area contributed by atoms with Crippen LogP contribution in [0.5, 0.6) is 0 Å². The van der Waals surface area contributed by atoms with Gasteiger partial charge in [0.15, 0.2) is 6.61 Å². The third-order valence-electron chi connectivity index (χ3n) is 5.74. The van der Waals surface area contributed by atoms with Crippen LogP contribution in [0.25, 0.3) is 0 Å². The van der Waals surface area contributed by atoms with Crippen molar-refractivity contribution in [2.45, 2.75) is 57.9 Å². The van der Waals surface area contributed by atoms with Gasteiger partial charge >= 0.3 is 5.97 Å². The summed E-state index contributed by atoms with van der Waals surface area (Å²) in [7, 11) is -4.06. The van der Waals surface area contributed by atoms with Gasteiger partial charge in [0.25, 0.3) is 0 Å². The molecule has 0 unspecified atom stereocenters. The van der Waals surface area contributed by atoms with Gasteiger partial charge in [0.05, 0.1) is 5.56 Å². The first-order valence-electron chi connectivity index (χ1n) is 10.7. The Balaban J connectivity index is 1.76. The molecule has 0 N–H and O–H groups in total. The fourth-order valence-corrected chi connectivity index (χ4v) is 5.83. The Hall–Kier alpha value is -2.52. The molecule has 9 heteroatoms. The van der Waals surface area contributed by atoms with E-state index in [4.69, 9.17) is 4.74 Å². The number of aromatic nitrogens is 1. The lowest BCUT2D eigenvalue weighted by atomic mass is 10.1. The molecule has 1 aliphatic rings. The first-order chi connectivity index (χ1) is 15.0. The monoisotopic (exact) mass is 464 g/mol. The van der Waals surface area contributed by atoms with Gasteiger partial charge in [-0.3, -0.25) is 4.79 Å². The molecule has 0 bridgehead atoms. The lowest BCUT2D eigenvalue weighted by Gasteiger charge is -2.26. The molecule has 0 saturated carbocycles. The second-order valence-corrected chi connectivity index (χ2v) is 10.3. The van der Waals surface area contributed by atoms with Crippen molar-refractivity contribution in [3.63, 3.8) is 0 Å². The minimum Gasteiger partial charge on any atom is -0.454 e. The molecule has 174 valence electrons. The number of Topliss-reactive ketones (excluding diaryl/α,β-unsaturated/α-hetero) is 1. The van der Waals surface area contributed by atoms with E-state index in [0.29, 0.717) is 31.5 Å². The molecule has 1 aromatic carbocycles. The summed E-state index contributed by atoms with van der Waals surface area (Å²) in [6.07, 6.45) is 2.35. The SMILES string of the molecule is Cc1cc(C(=O)COC(=O)c2ccc(F)c(S(=O)(=O)N3CCCCC3)c2)c(C)n1C(C)C. The molecule has 0 atom stereocenters. The van der Waals surface area contributed by atoms with Gasteiger partial charge in [-0.05, 0) is 64.8 Å². The highest BCUT2D eigenvalue weighted by Crippen LogP contribution is 2.25. The van der Waals surface area contributed by atoms with E-state index in [1.165, 1.54) is 4.31 Å². The average Bonchev–Trinajstić information content (AvgIpc) is 3.06. The van der Waals surface area contributed by atoms with Crippen LogP contribution in [0.2, 0.25) is 0 Å². The van der Waals surface area contributed by atoms with Crippen LogP contribution in [-0.2, 0) is 14.8 Å². The van der Waals surface area contributed by atoms with Gasteiger partial charge in [-0.1, -0.05) is 6.42 Å². The van der Waals surface area contributed by atoms with E-state index in [1.54, 1.807) is 6.07 Å². The van der Waals surface area contributed by atoms with Crippen LogP contribution in [0.15, 0.2) is 29.2 Å². The van der Waals surface area contributed by atoms with Crippen molar-refractivity contribution >= 4 is 21.8 Å². The Morgan fingerprint density at radius 1 is 1.09 bits per heavy atom. The summed E-state index contributed by atoms with van der Waals surface area (Å²) >= 11 is 0. The van der Waals surface area contributed by atoms with Crippen LogP contribution >= 0.6 is 0 Å². The van der Waals surface area contributed by atoms with Gasteiger partial charge in [0, 0.05) is 36.1 Å². The number of carbonyl (C=O) groups excluding carboxylic acids is 2. The maximum Gasteiger partial charge on any atom is 0.338 e. The number of carbonyl (C=O) groups is 2. The minimum absolute atomic E-state index is 0.123. The van der Waals surface area contributed by atoms with E-state index in [1.807, 2.05) is 32.3 Å². The third kappa shape index (κ3) is 4.78. The average molecular weight is 465 g/mol. The number of halogens is 1. The van der Waals surface area contributed by atoms with E-state index in [-0.39, 0.29) is 17.4 Å². The Morgan fingerprint density at radius 3 is 2.34 bits per heavy atom. The number of esters is 1. The lowest BCUT2D eigenvalue weighted by Crippen LogP contribution is -2.36. The molecule has 1 aliphatic heterocycles. The summed E-state index contributed by atoms with van der Waals surface area (Å²) in [5.74, 6) is -2.17. The number of piperidine rings is 1. The highest BCUT2D eigenvalue weighted by Gasteiger charge is 2.30. The molecule has 0 radical (unpaired) electrons. The van der Waals surface area contributed by atoms with Gasteiger partial charge in [-0.15, -0.1) is 0 Å². The number of ether oxygens (including phenoxy) is 1. The van der Waals surface area contributed by atoms with Crippen molar-refractivity contribution in [3.05, 3.63) is 52.6 Å². The zero-order chi connectivity index (χ0) is 23.6. The molecule has 0 amide bonds. The zero-order valence-corrected chi connectivity index (χ0v) is 19.7. The Kier molecular flexibility index (Phi) is 7.19. The highest BCUT2D eigenvalue weighted by atomic mass is 32.2. The quantitative estimate of drug-likeness (QED) is 0.456. The lowest BCUT2D eigenvalue weighted by molar-refractivity contribution is 0.0474. The number of nitrogens with zero attached hydrogens (tertiary/aromatic N) is 2. The fraction of sp³-hybridized carbons (Fsp3) is 0.478. The zero-order valence-electron chi connectivity index (χ0n) is 18.9. The normalized spacial score (nSPS) is 15.2. The van der Waals surface area contributed by atoms with Gasteiger partial charge in [0.2, 0.25) is 15.8 Å². The Bertz CT molecular complexity index is 1130. The maximum absolute atomic E-state index is 14.4. The first-order valence-corrected chi connectivity index (χ1v) is 12.2. The molecule has 2 aromatic rings. The predicted octanol–water partition coefficient (Wildman–Crippen LogP) is 4.04. The molecule has 32 heavy (non-hydrogen) atoms. The molecule has 0 aliphatic carbocycles. The van der Waals surface area contributed by atoms with Crippen molar-refractivity contribution in [1.29, 1.82) is 0 Å². The summed E-state index contributed by atoms with van der Waals surface area (Å²) in [6, 6.07) is 5.01. The van der Waals surface area contributed by atoms with Gasteiger partial charge < -0.3 is 9.30 Å². The van der Waals surface area contributed by atoms with E-state index >= 15 is 0 Å². The standard InChI is InChI=1S/C23H29FN2O5S/c1-15(2)26-16(3)12-19(17(26)4)21(27)14-31-23(28)18-8-9-20(24)22(13-18)32(29,30)25-10-6-5-7-11-25/h8-9,12-13,15H,5-7,10-11,14H2,1-4H3. The highest BCUT2D eigenvalue weighted by molar-refractivity contribution is 7.89. The number of rotatable bonds is 7. The number of hydrogen-bond donors (Lipinski definition) is 0. The molecule has 1 aromatic heterocycles. The van der Waals surface area contributed by atoms with Crippen LogP contribution in [0.1, 0.15) is 71.3 Å². The number of ketones is 1. The number of aryl methyl sites for hydroxylation is 1. The summed E-state index contributed by atoms with van der Waals surface area (Å²) in [5.41, 5.74) is 2.06. The summed E-state index contributed by atoms with van der Waals surface area (Å²) in [6.45, 7) is 7.90. The van der Waals surface area contributed by atoms with Crippen molar-refractivity contribution < 1.29 is 27.1 Å². The summed E-state index contributed by atoms with van der Waals surface area (Å²) in [4.78, 5) is 24.6. The molecule has 3 rings (SSSR count). The molecule has 1 saturated heterocycles. The van der Waals surface area contributed by atoms with Crippen LogP contribution in [0.4, 0.5) is 4.39 Å². The maximum atomic E-state index is 14.4. The number of benzene rings is 1. The summed E-state index contributed by atoms with van der Waals surface area (Å²) < 4.78 is 48.4. The first kappa shape index (κ1) is 24.1. The van der Waals surface area contributed by atoms with Crippen molar-refractivity contribution in [3.8, 4) is 0 Å². The summed E-state index contributed by atoms with van der Waals surface area (Å²) in [5, 5.41) is 0. The van der Waals surface area contributed by atoms with Gasteiger partial charge in [-0.2, -0.15) is 4.31 Å². The minimum atomic E-state index is -4.06. The molecule has 2 heterocycles. The van der Waals surface area contributed by atoms with Gasteiger partial charge in [0.1, 0.15) is 10.7 Å². The van der Waals surface area contributed by atoms with Crippen molar-refractivity contribution in [1.82, 2.24) is 8.87 Å². The fourth-order valence-electron chi connectivity index (χ4n) is 4.22. The van der Waals surface area contributed by atoms with Crippen LogP contribution in [-0.4, -0.2) is 48.7 Å². The Labute approximate surface area is 188 Å². The second-order valence-electron chi connectivity index (χ2n) is 8.36. The topological polar surface area (TPSA) is 85.7 Å². The molecular weight excluding hydrogens is 435 g/mol. The predicted molar refractivity (Wildman–Crippen MR) is 118 cm³/mol. The molecule has 7 nitrogen and oxygen atoms in total.